The van der Waals surface area contributed by atoms with E-state index in [1.807, 2.05) is 82.7 Å². The number of methoxy groups -OCH3 is 1. The Bertz CT molecular complexity index is 1120. The molecule has 0 radical (unpaired) electrons. The number of benzene rings is 2. The fourth-order valence-corrected chi connectivity index (χ4v) is 4.91. The SMILES string of the molecule is COCCn1c(SCC(=O)NC(c2ccccc2)c2cccs2)nnc1-c1ccccc1. The van der Waals surface area contributed by atoms with Gasteiger partial charge >= 0.3 is 0 Å². The second-order valence-electron chi connectivity index (χ2n) is 7.03. The minimum absolute atomic E-state index is 0.0557. The Morgan fingerprint density at radius 1 is 1.06 bits per heavy atom. The van der Waals surface area contributed by atoms with E-state index in [4.69, 9.17) is 4.74 Å². The van der Waals surface area contributed by atoms with Crippen LogP contribution < -0.4 is 5.32 Å². The Hall–Kier alpha value is -2.94. The molecule has 1 atom stereocenters. The first-order valence-electron chi connectivity index (χ1n) is 10.2. The smallest absolute Gasteiger partial charge is 0.231 e. The monoisotopic (exact) mass is 464 g/mol. The summed E-state index contributed by atoms with van der Waals surface area (Å²) >= 11 is 3.01. The fraction of sp³-hybridized carbons (Fsp3) is 0.208. The van der Waals surface area contributed by atoms with E-state index in [2.05, 4.69) is 15.5 Å². The first-order chi connectivity index (χ1) is 15.8. The van der Waals surface area contributed by atoms with Gasteiger partial charge in [0.1, 0.15) is 0 Å². The molecule has 164 valence electrons. The molecule has 0 fully saturated rings. The fourth-order valence-electron chi connectivity index (χ4n) is 3.33. The number of amides is 1. The van der Waals surface area contributed by atoms with Crippen LogP contribution in [0.25, 0.3) is 11.4 Å². The molecule has 8 heteroatoms. The van der Waals surface area contributed by atoms with Gasteiger partial charge < -0.3 is 10.1 Å². The summed E-state index contributed by atoms with van der Waals surface area (Å²) in [6.45, 7) is 1.14. The summed E-state index contributed by atoms with van der Waals surface area (Å²) in [5.41, 5.74) is 2.04. The number of nitrogens with zero attached hydrogens (tertiary/aromatic N) is 3. The van der Waals surface area contributed by atoms with Crippen LogP contribution in [0.15, 0.2) is 83.3 Å². The lowest BCUT2D eigenvalue weighted by molar-refractivity contribution is -0.119. The predicted molar refractivity (Wildman–Crippen MR) is 129 cm³/mol. The number of aromatic nitrogens is 3. The third-order valence-electron chi connectivity index (χ3n) is 4.87. The van der Waals surface area contributed by atoms with Crippen molar-refractivity contribution in [1.82, 2.24) is 20.1 Å². The van der Waals surface area contributed by atoms with E-state index >= 15 is 0 Å². The van der Waals surface area contributed by atoms with Gasteiger partial charge in [-0.3, -0.25) is 9.36 Å². The van der Waals surface area contributed by atoms with E-state index < -0.39 is 0 Å². The van der Waals surface area contributed by atoms with Gasteiger partial charge in [-0.05, 0) is 17.0 Å². The molecule has 32 heavy (non-hydrogen) atoms. The van der Waals surface area contributed by atoms with Crippen molar-refractivity contribution in [3.8, 4) is 11.4 Å². The van der Waals surface area contributed by atoms with Crippen LogP contribution in [0.4, 0.5) is 0 Å². The van der Waals surface area contributed by atoms with Gasteiger partial charge in [0.25, 0.3) is 0 Å². The van der Waals surface area contributed by atoms with E-state index in [0.29, 0.717) is 18.3 Å². The number of carbonyl (C=O) groups is 1. The predicted octanol–water partition coefficient (Wildman–Crippen LogP) is 4.65. The van der Waals surface area contributed by atoms with E-state index in [9.17, 15) is 4.79 Å². The first-order valence-corrected chi connectivity index (χ1v) is 12.1. The van der Waals surface area contributed by atoms with Crippen LogP contribution in [-0.2, 0) is 16.1 Å². The van der Waals surface area contributed by atoms with Gasteiger partial charge in [0.05, 0.1) is 24.9 Å². The lowest BCUT2D eigenvalue weighted by atomic mass is 10.1. The van der Waals surface area contributed by atoms with E-state index in [-0.39, 0.29) is 17.7 Å². The Kier molecular flexibility index (Phi) is 7.71. The molecule has 1 unspecified atom stereocenters. The van der Waals surface area contributed by atoms with Crippen molar-refractivity contribution in [3.05, 3.63) is 88.6 Å². The Morgan fingerprint density at radius 2 is 1.81 bits per heavy atom. The average molecular weight is 465 g/mol. The number of thiophene rings is 1. The number of hydrogen-bond acceptors (Lipinski definition) is 6. The maximum Gasteiger partial charge on any atom is 0.231 e. The molecule has 0 aliphatic heterocycles. The molecular weight excluding hydrogens is 440 g/mol. The Labute approximate surface area is 195 Å². The zero-order chi connectivity index (χ0) is 22.2. The molecule has 0 saturated carbocycles. The second kappa shape index (κ2) is 11.1. The maximum absolute atomic E-state index is 12.9. The van der Waals surface area contributed by atoms with Crippen LogP contribution in [0.3, 0.4) is 0 Å². The highest BCUT2D eigenvalue weighted by molar-refractivity contribution is 7.99. The molecule has 6 nitrogen and oxygen atoms in total. The molecule has 0 spiro atoms. The zero-order valence-electron chi connectivity index (χ0n) is 17.7. The van der Waals surface area contributed by atoms with Crippen molar-refractivity contribution in [2.45, 2.75) is 17.7 Å². The van der Waals surface area contributed by atoms with Gasteiger partial charge in [0.2, 0.25) is 5.91 Å². The summed E-state index contributed by atoms with van der Waals surface area (Å²) in [4.78, 5) is 14.0. The van der Waals surface area contributed by atoms with Crippen molar-refractivity contribution in [2.75, 3.05) is 19.5 Å². The number of thioether (sulfide) groups is 1. The van der Waals surface area contributed by atoms with Crippen LogP contribution in [0.2, 0.25) is 0 Å². The third kappa shape index (κ3) is 5.45. The minimum atomic E-state index is -0.171. The summed E-state index contributed by atoms with van der Waals surface area (Å²) < 4.78 is 7.27. The lowest BCUT2D eigenvalue weighted by Crippen LogP contribution is -2.30. The van der Waals surface area contributed by atoms with Crippen LogP contribution in [0, 0.1) is 0 Å². The standard InChI is InChI=1S/C24H24N4O2S2/c1-30-15-14-28-23(19-11-6-3-7-12-19)26-27-24(28)32-17-21(29)25-22(20-13-8-16-31-20)18-9-4-2-5-10-18/h2-13,16,22H,14-15,17H2,1H3,(H,25,29). The third-order valence-corrected chi connectivity index (χ3v) is 6.77. The van der Waals surface area contributed by atoms with Crippen LogP contribution in [0.1, 0.15) is 16.5 Å². The Morgan fingerprint density at radius 3 is 2.50 bits per heavy atom. The molecule has 2 heterocycles. The summed E-state index contributed by atoms with van der Waals surface area (Å²) in [5, 5.41) is 14.6. The number of carbonyl (C=O) groups excluding carboxylic acids is 1. The number of rotatable bonds is 10. The van der Waals surface area contributed by atoms with Gasteiger partial charge in [-0.1, -0.05) is 78.5 Å². The summed E-state index contributed by atoms with van der Waals surface area (Å²) in [5.74, 6) is 0.959. The topological polar surface area (TPSA) is 69.0 Å². The second-order valence-corrected chi connectivity index (χ2v) is 8.95. The van der Waals surface area contributed by atoms with Crippen molar-refractivity contribution < 1.29 is 9.53 Å². The Balaban J connectivity index is 1.48. The molecule has 0 saturated heterocycles. The van der Waals surface area contributed by atoms with Gasteiger partial charge in [-0.2, -0.15) is 0 Å². The molecule has 2 aromatic heterocycles. The van der Waals surface area contributed by atoms with Gasteiger partial charge in [-0.15, -0.1) is 21.5 Å². The minimum Gasteiger partial charge on any atom is -0.383 e. The van der Waals surface area contributed by atoms with Crippen molar-refractivity contribution in [3.63, 3.8) is 0 Å². The zero-order valence-corrected chi connectivity index (χ0v) is 19.3. The quantitative estimate of drug-likeness (QED) is 0.346. The van der Waals surface area contributed by atoms with Crippen molar-refractivity contribution in [1.29, 1.82) is 0 Å². The van der Waals surface area contributed by atoms with Crippen LogP contribution >= 0.6 is 23.1 Å². The molecule has 0 aliphatic rings. The van der Waals surface area contributed by atoms with Crippen LogP contribution in [0.5, 0.6) is 0 Å². The van der Waals surface area contributed by atoms with Crippen molar-refractivity contribution >= 4 is 29.0 Å². The molecule has 4 rings (SSSR count). The van der Waals surface area contributed by atoms with Gasteiger partial charge in [0, 0.05) is 17.6 Å². The van der Waals surface area contributed by atoms with Crippen molar-refractivity contribution in [2.24, 2.45) is 0 Å². The first kappa shape index (κ1) is 22.3. The van der Waals surface area contributed by atoms with Crippen LogP contribution in [-0.4, -0.2) is 40.1 Å². The molecule has 1 amide bonds. The van der Waals surface area contributed by atoms with E-state index in [1.165, 1.54) is 11.8 Å². The van der Waals surface area contributed by atoms with Gasteiger partial charge in [-0.25, -0.2) is 0 Å². The molecule has 0 bridgehead atoms. The van der Waals surface area contributed by atoms with Gasteiger partial charge in [0.15, 0.2) is 11.0 Å². The number of ether oxygens (including phenoxy) is 1. The highest BCUT2D eigenvalue weighted by Crippen LogP contribution is 2.27. The molecule has 0 aliphatic carbocycles. The largest absolute Gasteiger partial charge is 0.383 e. The molecule has 1 N–H and O–H groups in total. The van der Waals surface area contributed by atoms with E-state index in [0.717, 1.165) is 21.8 Å². The highest BCUT2D eigenvalue weighted by Gasteiger charge is 2.20. The molecule has 2 aromatic carbocycles. The maximum atomic E-state index is 12.9. The highest BCUT2D eigenvalue weighted by atomic mass is 32.2. The lowest BCUT2D eigenvalue weighted by Gasteiger charge is -2.18. The number of hydrogen-bond donors (Lipinski definition) is 1. The molecular formula is C24H24N4O2S2. The summed E-state index contributed by atoms with van der Waals surface area (Å²) in [7, 11) is 1.67. The summed E-state index contributed by atoms with van der Waals surface area (Å²) in [6.07, 6.45) is 0. The average Bonchev–Trinajstić information content (AvgIpc) is 3.51. The van der Waals surface area contributed by atoms with E-state index in [1.54, 1.807) is 18.4 Å². The summed E-state index contributed by atoms with van der Waals surface area (Å²) in [6, 6.07) is 23.8. The normalized spacial score (nSPS) is 11.9. The molecule has 4 aromatic rings. The number of nitrogens with one attached hydrogen (secondary N) is 1.